The van der Waals surface area contributed by atoms with Crippen molar-refractivity contribution in [2.75, 3.05) is 0 Å². The van der Waals surface area contributed by atoms with Crippen LogP contribution in [0.1, 0.15) is 40.0 Å². The van der Waals surface area contributed by atoms with Crippen LogP contribution in [0.4, 0.5) is 0 Å². The van der Waals surface area contributed by atoms with Crippen LogP contribution in [0.25, 0.3) is 0 Å². The zero-order chi connectivity index (χ0) is 8.85. The predicted molar refractivity (Wildman–Crippen MR) is 45.4 cm³/mol. The monoisotopic (exact) mass is 158 g/mol. The predicted octanol–water partition coefficient (Wildman–Crippen LogP) is 1.76. The highest BCUT2D eigenvalue weighted by Gasteiger charge is 2.06. The van der Waals surface area contributed by atoms with Gasteiger partial charge in [0.15, 0.2) is 0 Å². The van der Waals surface area contributed by atoms with Crippen molar-refractivity contribution >= 4 is 5.78 Å². The molecule has 0 spiro atoms. The van der Waals surface area contributed by atoms with Gasteiger partial charge in [-0.3, -0.25) is 4.79 Å². The molecule has 0 aliphatic heterocycles. The van der Waals surface area contributed by atoms with E-state index in [1.807, 2.05) is 13.8 Å². The lowest BCUT2D eigenvalue weighted by Gasteiger charge is -2.04. The number of carbonyl (C=O) groups is 1. The Morgan fingerprint density at radius 2 is 1.91 bits per heavy atom. The molecule has 1 N–H and O–H groups in total. The van der Waals surface area contributed by atoms with E-state index < -0.39 is 0 Å². The molecule has 0 heterocycles. The summed E-state index contributed by atoms with van der Waals surface area (Å²) in [4.78, 5) is 11.0. The third-order valence-corrected chi connectivity index (χ3v) is 1.48. The summed E-state index contributed by atoms with van der Waals surface area (Å²) in [5, 5.41) is 8.88. The molecule has 1 atom stereocenters. The first-order valence-corrected chi connectivity index (χ1v) is 4.22. The van der Waals surface area contributed by atoms with Crippen LogP contribution in [0.5, 0.6) is 0 Å². The Morgan fingerprint density at radius 1 is 1.36 bits per heavy atom. The van der Waals surface area contributed by atoms with Crippen molar-refractivity contribution < 1.29 is 9.90 Å². The first-order valence-electron chi connectivity index (χ1n) is 4.22. The molecule has 0 aromatic heterocycles. The van der Waals surface area contributed by atoms with Gasteiger partial charge >= 0.3 is 0 Å². The lowest BCUT2D eigenvalue weighted by Crippen LogP contribution is -2.07. The van der Waals surface area contributed by atoms with Crippen LogP contribution in [-0.4, -0.2) is 17.0 Å². The minimum Gasteiger partial charge on any atom is -0.393 e. The Morgan fingerprint density at radius 3 is 2.27 bits per heavy atom. The molecule has 11 heavy (non-hydrogen) atoms. The molecule has 0 aliphatic carbocycles. The van der Waals surface area contributed by atoms with E-state index in [1.165, 1.54) is 0 Å². The zero-order valence-electron chi connectivity index (χ0n) is 7.63. The van der Waals surface area contributed by atoms with Crippen molar-refractivity contribution in [3.63, 3.8) is 0 Å². The first-order chi connectivity index (χ1) is 5.02. The van der Waals surface area contributed by atoms with Gasteiger partial charge in [0.25, 0.3) is 0 Å². The van der Waals surface area contributed by atoms with Crippen LogP contribution < -0.4 is 0 Å². The van der Waals surface area contributed by atoms with Crippen molar-refractivity contribution in [3.8, 4) is 0 Å². The smallest absolute Gasteiger partial charge is 0.133 e. The number of hydrogen-bond acceptors (Lipinski definition) is 2. The van der Waals surface area contributed by atoms with Crippen molar-refractivity contribution in [2.24, 2.45) is 5.92 Å². The van der Waals surface area contributed by atoms with Gasteiger partial charge in [-0.25, -0.2) is 0 Å². The number of aliphatic hydroxyl groups is 1. The average molecular weight is 158 g/mol. The van der Waals surface area contributed by atoms with Gasteiger partial charge in [0.1, 0.15) is 5.78 Å². The molecule has 2 nitrogen and oxygen atoms in total. The van der Waals surface area contributed by atoms with E-state index in [9.17, 15) is 4.79 Å². The number of hydrogen-bond donors (Lipinski definition) is 1. The standard InChI is InChI=1S/C9H18O2/c1-7(2)6-9(11)5-4-8(3)10/h7-8,10H,4-6H2,1-3H3. The van der Waals surface area contributed by atoms with Crippen molar-refractivity contribution in [3.05, 3.63) is 0 Å². The molecule has 0 aromatic rings. The van der Waals surface area contributed by atoms with Gasteiger partial charge in [-0.1, -0.05) is 13.8 Å². The first kappa shape index (κ1) is 10.6. The van der Waals surface area contributed by atoms with E-state index in [4.69, 9.17) is 5.11 Å². The molecule has 0 fully saturated rings. The van der Waals surface area contributed by atoms with E-state index in [0.29, 0.717) is 25.2 Å². The summed E-state index contributed by atoms with van der Waals surface area (Å²) in [7, 11) is 0. The highest BCUT2D eigenvalue weighted by Crippen LogP contribution is 2.05. The molecule has 0 saturated heterocycles. The van der Waals surface area contributed by atoms with E-state index in [-0.39, 0.29) is 11.9 Å². The van der Waals surface area contributed by atoms with E-state index >= 15 is 0 Å². The fraction of sp³-hybridized carbons (Fsp3) is 0.889. The molecule has 0 aliphatic rings. The molecule has 0 saturated carbocycles. The van der Waals surface area contributed by atoms with Gasteiger partial charge in [0.05, 0.1) is 6.10 Å². The van der Waals surface area contributed by atoms with E-state index in [1.54, 1.807) is 6.92 Å². The Hall–Kier alpha value is -0.370. The number of Topliss-reactive ketones (excluding diaryl/α,β-unsaturated/α-hetero) is 1. The minimum absolute atomic E-state index is 0.265. The fourth-order valence-corrected chi connectivity index (χ4v) is 0.927. The molecule has 2 heteroatoms. The van der Waals surface area contributed by atoms with Crippen LogP contribution in [-0.2, 0) is 4.79 Å². The molecular weight excluding hydrogens is 140 g/mol. The summed E-state index contributed by atoms with van der Waals surface area (Å²) in [6.45, 7) is 5.77. The molecule has 0 aromatic carbocycles. The summed E-state index contributed by atoms with van der Waals surface area (Å²) in [5.74, 6) is 0.706. The Bertz CT molecular complexity index is 117. The zero-order valence-corrected chi connectivity index (χ0v) is 7.63. The van der Waals surface area contributed by atoms with Gasteiger partial charge < -0.3 is 5.11 Å². The summed E-state index contributed by atoms with van der Waals surface area (Å²) in [5.41, 5.74) is 0. The lowest BCUT2D eigenvalue weighted by molar-refractivity contribution is -0.120. The van der Waals surface area contributed by atoms with Crippen LogP contribution in [0.15, 0.2) is 0 Å². The summed E-state index contributed by atoms with van der Waals surface area (Å²) >= 11 is 0. The highest BCUT2D eigenvalue weighted by molar-refractivity contribution is 5.78. The Labute approximate surface area is 68.6 Å². The SMILES string of the molecule is CC(C)CC(=O)CCC(C)O. The molecule has 0 radical (unpaired) electrons. The maximum absolute atomic E-state index is 11.0. The molecule has 0 bridgehead atoms. The van der Waals surface area contributed by atoms with Gasteiger partial charge in [-0.2, -0.15) is 0 Å². The molecular formula is C9H18O2. The van der Waals surface area contributed by atoms with Crippen molar-refractivity contribution in [1.82, 2.24) is 0 Å². The van der Waals surface area contributed by atoms with Crippen molar-refractivity contribution in [2.45, 2.75) is 46.1 Å². The van der Waals surface area contributed by atoms with Crippen LogP contribution in [0, 0.1) is 5.92 Å². The van der Waals surface area contributed by atoms with Crippen LogP contribution in [0.3, 0.4) is 0 Å². The number of ketones is 1. The quantitative estimate of drug-likeness (QED) is 0.662. The number of aliphatic hydroxyl groups excluding tert-OH is 1. The van der Waals surface area contributed by atoms with Gasteiger partial charge in [-0.05, 0) is 19.3 Å². The number of rotatable bonds is 5. The summed E-state index contributed by atoms with van der Waals surface area (Å²) in [6.07, 6.45) is 1.43. The molecule has 1 unspecified atom stereocenters. The van der Waals surface area contributed by atoms with Crippen LogP contribution >= 0.6 is 0 Å². The maximum atomic E-state index is 11.0. The fourth-order valence-electron chi connectivity index (χ4n) is 0.927. The molecule has 0 rings (SSSR count). The molecule has 66 valence electrons. The second kappa shape index (κ2) is 5.30. The van der Waals surface area contributed by atoms with Gasteiger partial charge in [-0.15, -0.1) is 0 Å². The minimum atomic E-state index is -0.342. The largest absolute Gasteiger partial charge is 0.393 e. The summed E-state index contributed by atoms with van der Waals surface area (Å²) in [6, 6.07) is 0. The summed E-state index contributed by atoms with van der Waals surface area (Å²) < 4.78 is 0. The van der Waals surface area contributed by atoms with Gasteiger partial charge in [0.2, 0.25) is 0 Å². The van der Waals surface area contributed by atoms with E-state index in [0.717, 1.165) is 0 Å². The molecule has 0 amide bonds. The Kier molecular flexibility index (Phi) is 5.12. The second-order valence-electron chi connectivity index (χ2n) is 3.52. The maximum Gasteiger partial charge on any atom is 0.133 e. The Balaban J connectivity index is 3.38. The van der Waals surface area contributed by atoms with Crippen molar-refractivity contribution in [1.29, 1.82) is 0 Å². The third-order valence-electron chi connectivity index (χ3n) is 1.48. The third kappa shape index (κ3) is 7.53. The highest BCUT2D eigenvalue weighted by atomic mass is 16.3. The average Bonchev–Trinajstić information content (AvgIpc) is 1.82. The second-order valence-corrected chi connectivity index (χ2v) is 3.52. The van der Waals surface area contributed by atoms with Crippen LogP contribution in [0.2, 0.25) is 0 Å². The van der Waals surface area contributed by atoms with E-state index in [2.05, 4.69) is 0 Å². The van der Waals surface area contributed by atoms with Gasteiger partial charge in [0, 0.05) is 12.8 Å². The topological polar surface area (TPSA) is 37.3 Å². The normalized spacial score (nSPS) is 13.5. The lowest BCUT2D eigenvalue weighted by atomic mass is 10.0. The number of carbonyl (C=O) groups excluding carboxylic acids is 1.